The summed E-state index contributed by atoms with van der Waals surface area (Å²) in [5.74, 6) is 1.89. The van der Waals surface area contributed by atoms with Crippen molar-refractivity contribution < 1.29 is 46.9 Å². The standard InChI is InChI=1S/C20H32BNO4.C14H20BrNO2.C12H24B2O4/c1-16-17(21-25-19(2,3)20(4,5)26-21)8-6-9-18(16)24-13-7-10-22-11-14-23-15-12-22;1-12-13(15)4-2-5-14(12)18-9-3-6-16-7-10-17-11-8-16;1-9(2)10(3,4)16-13(15-9)14-17-11(5,6)12(7,8)18-14/h6,8-9H,7,10-15H2,1-5H3;2,4-5H,3,6-11H2,1H3;1-8H3. The molecule has 0 saturated carbocycles. The Hall–Kier alpha value is -1.69. The maximum absolute atomic E-state index is 6.19. The van der Waals surface area contributed by atoms with Gasteiger partial charge in [-0.1, -0.05) is 34.1 Å². The zero-order valence-corrected chi connectivity index (χ0v) is 42.0. The van der Waals surface area contributed by atoms with Gasteiger partial charge in [0.1, 0.15) is 11.5 Å². The highest BCUT2D eigenvalue weighted by molar-refractivity contribution is 9.10. The average Bonchev–Trinajstić information content (AvgIpc) is 3.67. The monoisotopic (exact) mass is 928 g/mol. The van der Waals surface area contributed by atoms with Gasteiger partial charge in [-0.2, -0.15) is 0 Å². The first-order valence-electron chi connectivity index (χ1n) is 22.7. The number of benzene rings is 2. The summed E-state index contributed by atoms with van der Waals surface area (Å²) < 4.78 is 59.9. The van der Waals surface area contributed by atoms with Crippen LogP contribution in [0.25, 0.3) is 0 Å². The van der Waals surface area contributed by atoms with E-state index in [0.29, 0.717) is 6.61 Å². The second-order valence-electron chi connectivity index (χ2n) is 20.0. The lowest BCUT2D eigenvalue weighted by atomic mass is 9.49. The molecule has 5 aliphatic rings. The molecular formula is C46H76B3BrN2O10. The molecule has 5 aliphatic heterocycles. The molecule has 5 fully saturated rings. The van der Waals surface area contributed by atoms with Gasteiger partial charge in [0, 0.05) is 49.3 Å². The van der Waals surface area contributed by atoms with Gasteiger partial charge in [0.05, 0.1) is 73.2 Å². The van der Waals surface area contributed by atoms with Crippen LogP contribution in [0.15, 0.2) is 40.9 Å². The van der Waals surface area contributed by atoms with Crippen molar-refractivity contribution in [2.75, 3.05) is 78.9 Å². The van der Waals surface area contributed by atoms with E-state index < -0.39 is 14.0 Å². The molecule has 62 heavy (non-hydrogen) atoms. The Kier molecular flexibility index (Phi) is 17.6. The number of ether oxygens (including phenoxy) is 4. The van der Waals surface area contributed by atoms with Crippen LogP contribution in [0.4, 0.5) is 0 Å². The Labute approximate surface area is 383 Å². The van der Waals surface area contributed by atoms with Gasteiger partial charge in [0.15, 0.2) is 0 Å². The molecule has 0 unspecified atom stereocenters. The molecule has 346 valence electrons. The fourth-order valence-corrected chi connectivity index (χ4v) is 7.69. The van der Waals surface area contributed by atoms with Gasteiger partial charge in [0.25, 0.3) is 0 Å². The van der Waals surface area contributed by atoms with Crippen LogP contribution in [0.5, 0.6) is 11.5 Å². The first-order chi connectivity index (χ1) is 29.0. The highest BCUT2D eigenvalue weighted by Crippen LogP contribution is 2.43. The molecule has 0 amide bonds. The van der Waals surface area contributed by atoms with Crippen LogP contribution in [-0.4, -0.2) is 143 Å². The minimum absolute atomic E-state index is 0.334. The summed E-state index contributed by atoms with van der Waals surface area (Å²) in [6.45, 7) is 39.9. The third kappa shape index (κ3) is 13.0. The quantitative estimate of drug-likeness (QED) is 0.156. The summed E-state index contributed by atoms with van der Waals surface area (Å²) in [4.78, 5) is 4.86. The van der Waals surface area contributed by atoms with Crippen molar-refractivity contribution in [2.45, 2.75) is 143 Å². The second-order valence-corrected chi connectivity index (χ2v) is 20.8. The largest absolute Gasteiger partial charge is 0.495 e. The van der Waals surface area contributed by atoms with Gasteiger partial charge in [0.2, 0.25) is 0 Å². The first-order valence-corrected chi connectivity index (χ1v) is 23.5. The lowest BCUT2D eigenvalue weighted by Crippen LogP contribution is -2.41. The van der Waals surface area contributed by atoms with Crippen LogP contribution >= 0.6 is 15.9 Å². The van der Waals surface area contributed by atoms with Crippen LogP contribution < -0.4 is 14.9 Å². The van der Waals surface area contributed by atoms with Crippen molar-refractivity contribution in [1.29, 1.82) is 0 Å². The van der Waals surface area contributed by atoms with E-state index in [1.807, 2.05) is 85.7 Å². The van der Waals surface area contributed by atoms with Crippen molar-refractivity contribution in [2.24, 2.45) is 0 Å². The van der Waals surface area contributed by atoms with Crippen molar-refractivity contribution in [3.63, 3.8) is 0 Å². The number of hydrogen-bond donors (Lipinski definition) is 0. The number of rotatable bonds is 12. The van der Waals surface area contributed by atoms with Crippen LogP contribution in [0.1, 0.15) is 107 Å². The highest BCUT2D eigenvalue weighted by atomic mass is 79.9. The van der Waals surface area contributed by atoms with Gasteiger partial charge in [-0.05, 0) is 139 Å². The molecule has 0 spiro atoms. The molecule has 0 atom stereocenters. The van der Waals surface area contributed by atoms with E-state index in [4.69, 9.17) is 46.9 Å². The minimum Gasteiger partial charge on any atom is -0.493 e. The number of nitrogens with zero attached hydrogens (tertiary/aromatic N) is 2. The molecule has 0 aliphatic carbocycles. The first kappa shape index (κ1) is 51.3. The summed E-state index contributed by atoms with van der Waals surface area (Å²) in [6, 6.07) is 12.2. The van der Waals surface area contributed by atoms with Gasteiger partial charge in [-0.25, -0.2) is 0 Å². The molecule has 5 saturated heterocycles. The van der Waals surface area contributed by atoms with E-state index in [0.717, 1.165) is 112 Å². The van der Waals surface area contributed by atoms with E-state index in [9.17, 15) is 0 Å². The Morgan fingerprint density at radius 3 is 1.27 bits per heavy atom. The predicted octanol–water partition coefficient (Wildman–Crippen LogP) is 7.50. The van der Waals surface area contributed by atoms with Crippen LogP contribution in [0.2, 0.25) is 0 Å². The molecule has 2 aromatic rings. The van der Waals surface area contributed by atoms with E-state index in [1.165, 1.54) is 5.56 Å². The highest BCUT2D eigenvalue weighted by Gasteiger charge is 2.63. The Balaban J connectivity index is 0.000000181. The maximum atomic E-state index is 6.19. The Morgan fingerprint density at radius 1 is 0.516 bits per heavy atom. The fourth-order valence-electron chi connectivity index (χ4n) is 7.35. The third-order valence-corrected chi connectivity index (χ3v) is 14.6. The lowest BCUT2D eigenvalue weighted by molar-refractivity contribution is 0.00578. The summed E-state index contributed by atoms with van der Waals surface area (Å²) >= 11 is 3.52. The summed E-state index contributed by atoms with van der Waals surface area (Å²) in [7, 11) is -1.30. The second kappa shape index (κ2) is 21.3. The summed E-state index contributed by atoms with van der Waals surface area (Å²) in [5.41, 5.74) is 1.21. The average molecular weight is 929 g/mol. The van der Waals surface area contributed by atoms with Crippen molar-refractivity contribution in [3.05, 3.63) is 52.0 Å². The van der Waals surface area contributed by atoms with E-state index in [2.05, 4.69) is 73.3 Å². The van der Waals surface area contributed by atoms with Gasteiger partial charge in [-0.15, -0.1) is 0 Å². The number of hydrogen-bond acceptors (Lipinski definition) is 12. The predicted molar refractivity (Wildman–Crippen MR) is 253 cm³/mol. The number of halogens is 1. The molecule has 0 bridgehead atoms. The molecule has 7 rings (SSSR count). The summed E-state index contributed by atoms with van der Waals surface area (Å²) in [5, 5.41) is 0. The normalized spacial score (nSPS) is 23.6. The smallest absolute Gasteiger partial charge is 0.493 e. The van der Waals surface area contributed by atoms with E-state index >= 15 is 0 Å². The van der Waals surface area contributed by atoms with Crippen LogP contribution in [0.3, 0.4) is 0 Å². The van der Waals surface area contributed by atoms with Crippen LogP contribution in [0, 0.1) is 13.8 Å². The van der Waals surface area contributed by atoms with Gasteiger partial charge in [-0.3, -0.25) is 9.80 Å². The molecular weight excluding hydrogens is 853 g/mol. The van der Waals surface area contributed by atoms with Gasteiger partial charge >= 0.3 is 21.1 Å². The molecule has 2 aromatic carbocycles. The molecule has 0 aromatic heterocycles. The SMILES string of the molecule is CC1(C)OB(B2OC(C)(C)C(C)(C)O2)OC1(C)C.Cc1c(Br)cccc1OCCCN1CCOCC1.Cc1c(OCCCN2CCOCC2)cccc1B1OC(C)(C)C(C)(C)O1. The van der Waals surface area contributed by atoms with Crippen molar-refractivity contribution >= 4 is 42.5 Å². The number of morpholine rings is 2. The van der Waals surface area contributed by atoms with E-state index in [-0.39, 0.29) is 40.7 Å². The lowest BCUT2D eigenvalue weighted by Gasteiger charge is -2.32. The molecule has 5 heterocycles. The molecule has 16 heteroatoms. The van der Waals surface area contributed by atoms with Crippen molar-refractivity contribution in [1.82, 2.24) is 9.80 Å². The Bertz CT molecular complexity index is 1650. The van der Waals surface area contributed by atoms with Crippen molar-refractivity contribution in [3.8, 4) is 11.5 Å². The van der Waals surface area contributed by atoms with Gasteiger partial charge < -0.3 is 46.9 Å². The topological polar surface area (TPSA) is 98.8 Å². The zero-order valence-electron chi connectivity index (χ0n) is 40.5. The maximum Gasteiger partial charge on any atom is 0.495 e. The zero-order chi connectivity index (χ0) is 45.6. The molecule has 0 N–H and O–H groups in total. The molecule has 12 nitrogen and oxygen atoms in total. The third-order valence-electron chi connectivity index (χ3n) is 13.8. The summed E-state index contributed by atoms with van der Waals surface area (Å²) in [6.07, 6.45) is 2.08. The van der Waals surface area contributed by atoms with Crippen LogP contribution in [-0.2, 0) is 37.4 Å². The Morgan fingerprint density at radius 2 is 0.871 bits per heavy atom. The van der Waals surface area contributed by atoms with E-state index in [1.54, 1.807) is 0 Å². The fraction of sp³-hybridized carbons (Fsp3) is 0.739. The molecule has 0 radical (unpaired) electrons. The minimum atomic E-state index is -0.476.